The predicted molar refractivity (Wildman–Crippen MR) is 79.2 cm³/mol. The Labute approximate surface area is 129 Å². The molecule has 0 aromatic carbocycles. The number of nitrogens with zero attached hydrogens (tertiary/aromatic N) is 4. The van der Waals surface area contributed by atoms with Crippen LogP contribution in [0.1, 0.15) is 32.2 Å². The third-order valence-corrected chi connectivity index (χ3v) is 4.53. The van der Waals surface area contributed by atoms with Crippen molar-refractivity contribution in [1.82, 2.24) is 19.6 Å². The Bertz CT molecular complexity index is 523. The van der Waals surface area contributed by atoms with Crippen LogP contribution in [0.5, 0.6) is 0 Å². The molecule has 2 fully saturated rings. The Morgan fingerprint density at radius 1 is 1.41 bits per heavy atom. The number of cyclic esters (lactones) is 1. The van der Waals surface area contributed by atoms with Crippen LogP contribution in [0.25, 0.3) is 0 Å². The van der Waals surface area contributed by atoms with Crippen LogP contribution in [0.2, 0.25) is 0 Å². The number of carbonyl (C=O) groups is 2. The third kappa shape index (κ3) is 2.80. The van der Waals surface area contributed by atoms with Gasteiger partial charge < -0.3 is 14.5 Å². The highest BCUT2D eigenvalue weighted by Gasteiger charge is 2.34. The molecule has 1 atom stereocenters. The number of carbonyl (C=O) groups excluding carboxylic acids is 2. The molecule has 2 saturated heterocycles. The van der Waals surface area contributed by atoms with E-state index < -0.39 is 0 Å². The maximum absolute atomic E-state index is 12.7. The van der Waals surface area contributed by atoms with Gasteiger partial charge in [-0.25, -0.2) is 4.79 Å². The molecule has 120 valence electrons. The zero-order valence-electron chi connectivity index (χ0n) is 12.9. The number of amides is 2. The highest BCUT2D eigenvalue weighted by atomic mass is 16.6. The minimum atomic E-state index is -0.233. The van der Waals surface area contributed by atoms with Crippen molar-refractivity contribution in [3.05, 3.63) is 18.5 Å². The Kier molecular flexibility index (Phi) is 4.31. The van der Waals surface area contributed by atoms with Crippen LogP contribution in [0.3, 0.4) is 0 Å². The van der Waals surface area contributed by atoms with E-state index in [-0.39, 0.29) is 24.1 Å². The van der Waals surface area contributed by atoms with Gasteiger partial charge in [0.2, 0.25) is 5.91 Å². The SMILES string of the molecule is CC[C@H](C(=O)N1CCC(N2CCOC2=O)CC1)n1cccn1. The highest BCUT2D eigenvalue weighted by molar-refractivity contribution is 5.80. The lowest BCUT2D eigenvalue weighted by Crippen LogP contribution is -2.48. The molecule has 2 aliphatic heterocycles. The van der Waals surface area contributed by atoms with Crippen LogP contribution in [0, 0.1) is 0 Å². The fourth-order valence-corrected chi connectivity index (χ4v) is 3.29. The van der Waals surface area contributed by atoms with Crippen LogP contribution in [0.15, 0.2) is 18.5 Å². The summed E-state index contributed by atoms with van der Waals surface area (Å²) in [7, 11) is 0. The van der Waals surface area contributed by atoms with E-state index >= 15 is 0 Å². The van der Waals surface area contributed by atoms with Gasteiger partial charge in [0.15, 0.2) is 0 Å². The average Bonchev–Trinajstić information content (AvgIpc) is 3.20. The molecule has 2 amide bonds. The molecular weight excluding hydrogens is 284 g/mol. The normalized spacial score (nSPS) is 21.0. The van der Waals surface area contributed by atoms with Gasteiger partial charge in [0.25, 0.3) is 0 Å². The maximum atomic E-state index is 12.7. The second-order valence-corrected chi connectivity index (χ2v) is 5.77. The number of ether oxygens (including phenoxy) is 1. The molecule has 1 aromatic rings. The van der Waals surface area contributed by atoms with Crippen molar-refractivity contribution < 1.29 is 14.3 Å². The van der Waals surface area contributed by atoms with Gasteiger partial charge in [-0.3, -0.25) is 9.48 Å². The van der Waals surface area contributed by atoms with E-state index in [2.05, 4.69) is 5.10 Å². The number of hydrogen-bond acceptors (Lipinski definition) is 4. The molecule has 0 bridgehead atoms. The second-order valence-electron chi connectivity index (χ2n) is 5.77. The van der Waals surface area contributed by atoms with Crippen LogP contribution in [0.4, 0.5) is 4.79 Å². The summed E-state index contributed by atoms with van der Waals surface area (Å²) in [4.78, 5) is 28.0. The topological polar surface area (TPSA) is 67.7 Å². The Morgan fingerprint density at radius 3 is 2.73 bits per heavy atom. The van der Waals surface area contributed by atoms with E-state index in [9.17, 15) is 9.59 Å². The molecule has 0 saturated carbocycles. The second kappa shape index (κ2) is 6.37. The molecule has 0 unspecified atom stereocenters. The molecule has 0 radical (unpaired) electrons. The first-order valence-corrected chi connectivity index (χ1v) is 7.92. The Balaban J connectivity index is 1.58. The summed E-state index contributed by atoms with van der Waals surface area (Å²) in [6.07, 6.45) is 5.67. The molecule has 3 rings (SSSR count). The maximum Gasteiger partial charge on any atom is 0.410 e. The van der Waals surface area contributed by atoms with Crippen LogP contribution >= 0.6 is 0 Å². The Morgan fingerprint density at radius 2 is 2.18 bits per heavy atom. The molecule has 7 nitrogen and oxygen atoms in total. The molecule has 22 heavy (non-hydrogen) atoms. The molecule has 1 aromatic heterocycles. The number of rotatable bonds is 4. The van der Waals surface area contributed by atoms with Gasteiger partial charge in [0.1, 0.15) is 12.6 Å². The summed E-state index contributed by atoms with van der Waals surface area (Å²) >= 11 is 0. The summed E-state index contributed by atoms with van der Waals surface area (Å²) in [6.45, 7) is 4.52. The molecule has 0 aliphatic carbocycles. The average molecular weight is 306 g/mol. The van der Waals surface area contributed by atoms with Gasteiger partial charge in [-0.05, 0) is 25.3 Å². The van der Waals surface area contributed by atoms with Gasteiger partial charge in [0.05, 0.1) is 6.54 Å². The van der Waals surface area contributed by atoms with E-state index in [0.29, 0.717) is 26.2 Å². The molecule has 2 aliphatic rings. The quantitative estimate of drug-likeness (QED) is 0.840. The largest absolute Gasteiger partial charge is 0.448 e. The number of piperidine rings is 1. The highest BCUT2D eigenvalue weighted by Crippen LogP contribution is 2.22. The van der Waals surface area contributed by atoms with E-state index in [1.54, 1.807) is 15.8 Å². The van der Waals surface area contributed by atoms with Crippen molar-refractivity contribution in [2.24, 2.45) is 0 Å². The summed E-state index contributed by atoms with van der Waals surface area (Å²) in [5.41, 5.74) is 0. The first-order chi connectivity index (χ1) is 10.7. The molecule has 3 heterocycles. The van der Waals surface area contributed by atoms with E-state index in [0.717, 1.165) is 19.3 Å². The minimum Gasteiger partial charge on any atom is -0.448 e. The van der Waals surface area contributed by atoms with Gasteiger partial charge in [-0.15, -0.1) is 0 Å². The van der Waals surface area contributed by atoms with Crippen LogP contribution < -0.4 is 0 Å². The van der Waals surface area contributed by atoms with E-state index in [4.69, 9.17) is 4.74 Å². The van der Waals surface area contributed by atoms with Gasteiger partial charge >= 0.3 is 6.09 Å². The van der Waals surface area contributed by atoms with Crippen molar-refractivity contribution in [2.45, 2.75) is 38.3 Å². The minimum absolute atomic E-state index is 0.119. The fourth-order valence-electron chi connectivity index (χ4n) is 3.29. The molecule has 0 spiro atoms. The van der Waals surface area contributed by atoms with Crippen LogP contribution in [-0.2, 0) is 9.53 Å². The number of likely N-dealkylation sites (tertiary alicyclic amines) is 1. The van der Waals surface area contributed by atoms with Gasteiger partial charge in [0, 0.05) is 31.5 Å². The molecule has 0 N–H and O–H groups in total. The third-order valence-electron chi connectivity index (χ3n) is 4.53. The first kappa shape index (κ1) is 14.9. The first-order valence-electron chi connectivity index (χ1n) is 7.92. The lowest BCUT2D eigenvalue weighted by atomic mass is 10.0. The van der Waals surface area contributed by atoms with E-state index in [1.165, 1.54) is 0 Å². The number of aromatic nitrogens is 2. The van der Waals surface area contributed by atoms with Gasteiger partial charge in [-0.2, -0.15) is 5.10 Å². The molecule has 7 heteroatoms. The van der Waals surface area contributed by atoms with Crippen molar-refractivity contribution in [3.63, 3.8) is 0 Å². The summed E-state index contributed by atoms with van der Waals surface area (Å²) < 4.78 is 6.72. The zero-order chi connectivity index (χ0) is 15.5. The summed E-state index contributed by atoms with van der Waals surface area (Å²) in [5.74, 6) is 0.119. The Hall–Kier alpha value is -2.05. The lowest BCUT2D eigenvalue weighted by Gasteiger charge is -2.36. The smallest absolute Gasteiger partial charge is 0.410 e. The number of hydrogen-bond donors (Lipinski definition) is 0. The fraction of sp³-hybridized carbons (Fsp3) is 0.667. The van der Waals surface area contributed by atoms with Gasteiger partial charge in [-0.1, -0.05) is 6.92 Å². The van der Waals surface area contributed by atoms with Crippen molar-refractivity contribution in [3.8, 4) is 0 Å². The van der Waals surface area contributed by atoms with Crippen molar-refractivity contribution in [1.29, 1.82) is 0 Å². The van der Waals surface area contributed by atoms with Crippen LogP contribution in [-0.4, -0.2) is 63.9 Å². The van der Waals surface area contributed by atoms with Crippen molar-refractivity contribution >= 4 is 12.0 Å². The zero-order valence-corrected chi connectivity index (χ0v) is 12.9. The molecular formula is C15H22N4O3. The predicted octanol–water partition coefficient (Wildman–Crippen LogP) is 1.28. The van der Waals surface area contributed by atoms with E-state index in [1.807, 2.05) is 24.1 Å². The van der Waals surface area contributed by atoms with Crippen molar-refractivity contribution in [2.75, 3.05) is 26.2 Å². The summed E-state index contributed by atoms with van der Waals surface area (Å²) in [5, 5.41) is 4.19. The lowest BCUT2D eigenvalue weighted by molar-refractivity contribution is -0.136. The monoisotopic (exact) mass is 306 g/mol. The standard InChI is InChI=1S/C15H22N4O3/c1-2-13(19-7-3-6-16-19)14(20)17-8-4-12(5-9-17)18-10-11-22-15(18)21/h3,6-7,12-13H,2,4-5,8-11H2,1H3/t13-/m1/s1. The summed E-state index contributed by atoms with van der Waals surface area (Å²) in [6, 6.07) is 1.80.